The van der Waals surface area contributed by atoms with Gasteiger partial charge in [-0.25, -0.2) is 8.42 Å². The molecule has 1 amide bonds. The number of nitrogens with zero attached hydrogens (tertiary/aromatic N) is 2. The lowest BCUT2D eigenvalue weighted by atomic mass is 10.3. The third kappa shape index (κ3) is 2.47. The fourth-order valence-electron chi connectivity index (χ4n) is 1.74. The number of hydrogen-bond acceptors (Lipinski definition) is 4. The topological polar surface area (TPSA) is 79.4 Å². The van der Waals surface area contributed by atoms with Crippen molar-refractivity contribution in [3.8, 4) is 0 Å². The summed E-state index contributed by atoms with van der Waals surface area (Å²) in [6, 6.07) is 0.662. The minimum atomic E-state index is -3.82. The van der Waals surface area contributed by atoms with E-state index < -0.39 is 16.1 Å². The summed E-state index contributed by atoms with van der Waals surface area (Å²) in [6.45, 7) is 0.535. The second-order valence-corrected chi connectivity index (χ2v) is 6.12. The summed E-state index contributed by atoms with van der Waals surface area (Å²) in [7, 11) is -2.19. The van der Waals surface area contributed by atoms with E-state index in [1.165, 1.54) is 17.2 Å². The van der Waals surface area contributed by atoms with E-state index in [9.17, 15) is 13.2 Å². The fourth-order valence-corrected chi connectivity index (χ4v) is 3.40. The van der Waals surface area contributed by atoms with Gasteiger partial charge in [0.2, 0.25) is 15.9 Å². The van der Waals surface area contributed by atoms with E-state index >= 15 is 0 Å². The first kappa shape index (κ1) is 13.3. The van der Waals surface area contributed by atoms with E-state index in [0.717, 1.165) is 6.20 Å². The van der Waals surface area contributed by atoms with E-state index in [2.05, 4.69) is 9.71 Å². The van der Waals surface area contributed by atoms with Gasteiger partial charge in [0.25, 0.3) is 0 Å². The normalized spacial score (nSPS) is 20.4. The van der Waals surface area contributed by atoms with Crippen LogP contribution in [0.1, 0.15) is 6.42 Å². The van der Waals surface area contributed by atoms with E-state index in [4.69, 9.17) is 11.6 Å². The van der Waals surface area contributed by atoms with E-state index in [-0.39, 0.29) is 15.8 Å². The van der Waals surface area contributed by atoms with Crippen molar-refractivity contribution in [2.45, 2.75) is 17.4 Å². The van der Waals surface area contributed by atoms with E-state index in [0.29, 0.717) is 13.0 Å². The van der Waals surface area contributed by atoms with Gasteiger partial charge in [0.1, 0.15) is 10.9 Å². The van der Waals surface area contributed by atoms with Gasteiger partial charge in [-0.15, -0.1) is 0 Å². The number of likely N-dealkylation sites (tertiary alicyclic amines) is 1. The minimum Gasteiger partial charge on any atom is -0.344 e. The number of rotatable bonds is 3. The van der Waals surface area contributed by atoms with Crippen molar-refractivity contribution in [2.24, 2.45) is 0 Å². The smallest absolute Gasteiger partial charge is 0.244 e. The number of pyridine rings is 1. The summed E-state index contributed by atoms with van der Waals surface area (Å²) in [5.41, 5.74) is 0. The standard InChI is InChI=1S/C10H12ClN3O3S/c1-14-5-3-8(10(14)15)13-18(16,17)9-6-12-4-2-7(9)11/h2,4,6,8,13H,3,5H2,1H3. The van der Waals surface area contributed by atoms with Crippen LogP contribution in [0.25, 0.3) is 0 Å². The van der Waals surface area contributed by atoms with Crippen LogP contribution in [0, 0.1) is 0 Å². The van der Waals surface area contributed by atoms with Crippen LogP contribution >= 0.6 is 11.6 Å². The molecule has 0 saturated carbocycles. The number of likely N-dealkylation sites (N-methyl/N-ethyl adjacent to an activating group) is 1. The molecular formula is C10H12ClN3O3S. The number of carbonyl (C=O) groups excluding carboxylic acids is 1. The SMILES string of the molecule is CN1CCC(NS(=O)(=O)c2cnccc2Cl)C1=O. The molecule has 1 aromatic heterocycles. The summed E-state index contributed by atoms with van der Waals surface area (Å²) in [6.07, 6.45) is 3.01. The van der Waals surface area contributed by atoms with Crippen molar-refractivity contribution in [1.82, 2.24) is 14.6 Å². The van der Waals surface area contributed by atoms with E-state index in [1.54, 1.807) is 7.05 Å². The molecule has 98 valence electrons. The van der Waals surface area contributed by atoms with Crippen molar-refractivity contribution in [3.05, 3.63) is 23.5 Å². The molecule has 2 rings (SSSR count). The number of amides is 1. The Morgan fingerprint density at radius 3 is 2.83 bits per heavy atom. The molecule has 1 saturated heterocycles. The van der Waals surface area contributed by atoms with Crippen molar-refractivity contribution >= 4 is 27.5 Å². The first-order valence-electron chi connectivity index (χ1n) is 5.28. The molecule has 6 nitrogen and oxygen atoms in total. The Morgan fingerprint density at radius 2 is 2.28 bits per heavy atom. The molecule has 0 bridgehead atoms. The maximum atomic E-state index is 12.1. The highest BCUT2D eigenvalue weighted by molar-refractivity contribution is 7.89. The molecule has 1 fully saturated rings. The van der Waals surface area contributed by atoms with Crippen LogP contribution in [0.2, 0.25) is 5.02 Å². The second-order valence-electron chi connectivity index (χ2n) is 4.03. The first-order chi connectivity index (χ1) is 8.42. The minimum absolute atomic E-state index is 0.0799. The zero-order chi connectivity index (χ0) is 13.3. The molecule has 8 heteroatoms. The Balaban J connectivity index is 2.24. The van der Waals surface area contributed by atoms with Crippen LogP contribution in [0.4, 0.5) is 0 Å². The highest BCUT2D eigenvalue weighted by atomic mass is 35.5. The number of hydrogen-bond donors (Lipinski definition) is 1. The van der Waals surface area contributed by atoms with Crippen molar-refractivity contribution < 1.29 is 13.2 Å². The van der Waals surface area contributed by atoms with Gasteiger partial charge in [-0.3, -0.25) is 9.78 Å². The zero-order valence-electron chi connectivity index (χ0n) is 9.63. The quantitative estimate of drug-likeness (QED) is 0.865. The van der Waals surface area contributed by atoms with E-state index in [1.807, 2.05) is 0 Å². The molecule has 0 aliphatic carbocycles. The summed E-state index contributed by atoms with van der Waals surface area (Å²) in [5.74, 6) is -0.237. The predicted molar refractivity (Wildman–Crippen MR) is 65.6 cm³/mol. The Kier molecular flexibility index (Phi) is 3.56. The van der Waals surface area contributed by atoms with Crippen LogP contribution in [-0.4, -0.2) is 43.8 Å². The highest BCUT2D eigenvalue weighted by Crippen LogP contribution is 2.20. The van der Waals surface area contributed by atoms with Crippen LogP contribution in [0.15, 0.2) is 23.4 Å². The second kappa shape index (κ2) is 4.83. The molecule has 18 heavy (non-hydrogen) atoms. The Morgan fingerprint density at radius 1 is 1.56 bits per heavy atom. The Hall–Kier alpha value is -1.18. The average Bonchev–Trinajstić information content (AvgIpc) is 2.61. The van der Waals surface area contributed by atoms with Crippen LogP contribution in [0.3, 0.4) is 0 Å². The van der Waals surface area contributed by atoms with Crippen molar-refractivity contribution in [2.75, 3.05) is 13.6 Å². The largest absolute Gasteiger partial charge is 0.344 e. The Bertz CT molecular complexity index is 575. The summed E-state index contributed by atoms with van der Waals surface area (Å²) < 4.78 is 26.5. The lowest BCUT2D eigenvalue weighted by Gasteiger charge is -2.13. The molecule has 1 atom stereocenters. The maximum Gasteiger partial charge on any atom is 0.244 e. The van der Waals surface area contributed by atoms with Crippen molar-refractivity contribution in [1.29, 1.82) is 0 Å². The number of sulfonamides is 1. The van der Waals surface area contributed by atoms with Gasteiger partial charge in [-0.05, 0) is 12.5 Å². The van der Waals surface area contributed by atoms with Crippen LogP contribution in [-0.2, 0) is 14.8 Å². The molecule has 0 spiro atoms. The molecule has 2 heterocycles. The first-order valence-corrected chi connectivity index (χ1v) is 7.15. The Labute approximate surface area is 110 Å². The van der Waals surface area contributed by atoms with Crippen LogP contribution in [0.5, 0.6) is 0 Å². The molecule has 1 N–H and O–H groups in total. The van der Waals surface area contributed by atoms with Gasteiger partial charge in [-0.2, -0.15) is 4.72 Å². The summed E-state index contributed by atoms with van der Waals surface area (Å²) >= 11 is 5.80. The predicted octanol–water partition coefficient (Wildman–Crippen LogP) is 0.244. The summed E-state index contributed by atoms with van der Waals surface area (Å²) in [5, 5.41) is 0.0799. The maximum absolute atomic E-state index is 12.1. The fraction of sp³-hybridized carbons (Fsp3) is 0.400. The van der Waals surface area contributed by atoms with Gasteiger partial charge in [-0.1, -0.05) is 11.6 Å². The molecule has 1 aromatic rings. The molecular weight excluding hydrogens is 278 g/mol. The van der Waals surface area contributed by atoms with Gasteiger partial charge in [0, 0.05) is 26.0 Å². The van der Waals surface area contributed by atoms with Crippen LogP contribution < -0.4 is 4.72 Å². The van der Waals surface area contributed by atoms with Gasteiger partial charge in [0.15, 0.2) is 0 Å². The summed E-state index contributed by atoms with van der Waals surface area (Å²) in [4.78, 5) is 16.7. The highest BCUT2D eigenvalue weighted by Gasteiger charge is 2.33. The number of carbonyl (C=O) groups is 1. The van der Waals surface area contributed by atoms with Gasteiger partial charge in [0.05, 0.1) is 5.02 Å². The third-order valence-corrected chi connectivity index (χ3v) is 4.69. The zero-order valence-corrected chi connectivity index (χ0v) is 11.2. The molecule has 0 radical (unpaired) electrons. The number of halogens is 1. The molecule has 1 aliphatic heterocycles. The molecule has 0 aromatic carbocycles. The lowest BCUT2D eigenvalue weighted by Crippen LogP contribution is -2.40. The number of nitrogens with one attached hydrogen (secondary N) is 1. The number of aromatic nitrogens is 1. The molecule has 1 unspecified atom stereocenters. The van der Waals surface area contributed by atoms with Gasteiger partial charge < -0.3 is 4.90 Å². The lowest BCUT2D eigenvalue weighted by molar-refractivity contribution is -0.127. The molecule has 1 aliphatic rings. The monoisotopic (exact) mass is 289 g/mol. The third-order valence-electron chi connectivity index (χ3n) is 2.75. The van der Waals surface area contributed by atoms with Crippen molar-refractivity contribution in [3.63, 3.8) is 0 Å². The average molecular weight is 290 g/mol. The van der Waals surface area contributed by atoms with Gasteiger partial charge >= 0.3 is 0 Å².